The minimum absolute atomic E-state index is 0.329. The van der Waals surface area contributed by atoms with Gasteiger partial charge >= 0.3 is 5.97 Å². The number of nitrogens with zero attached hydrogens (tertiary/aromatic N) is 1. The monoisotopic (exact) mass is 223 g/mol. The van der Waals surface area contributed by atoms with E-state index in [1.165, 1.54) is 0 Å². The molecule has 0 fully saturated rings. The van der Waals surface area contributed by atoms with E-state index in [0.717, 1.165) is 7.11 Å². The number of aromatic nitrogens is 1. The van der Waals surface area contributed by atoms with Crippen LogP contribution >= 0.6 is 0 Å². The Hall–Kier alpha value is -1.66. The standard InChI is InChI=1S/C8H5F4NO2/c1-15-8(14)3-2-4(9)5(6(10)11)13-7(3)12/h2,6H,1H3. The largest absolute Gasteiger partial charge is 0.465 e. The van der Waals surface area contributed by atoms with Crippen molar-refractivity contribution in [3.63, 3.8) is 0 Å². The molecule has 0 aliphatic heterocycles. The summed E-state index contributed by atoms with van der Waals surface area (Å²) in [7, 11) is 0.945. The lowest BCUT2D eigenvalue weighted by Gasteiger charge is -2.04. The molecule has 0 atom stereocenters. The topological polar surface area (TPSA) is 39.2 Å². The summed E-state index contributed by atoms with van der Waals surface area (Å²) < 4.78 is 54.0. The number of carbonyl (C=O) groups is 1. The maximum absolute atomic E-state index is 12.9. The van der Waals surface area contributed by atoms with Crippen molar-refractivity contribution >= 4 is 5.97 Å². The predicted molar refractivity (Wildman–Crippen MR) is 40.4 cm³/mol. The molecule has 0 spiro atoms. The van der Waals surface area contributed by atoms with Gasteiger partial charge in [-0.25, -0.2) is 22.9 Å². The highest BCUT2D eigenvalue weighted by Crippen LogP contribution is 2.21. The summed E-state index contributed by atoms with van der Waals surface area (Å²) in [4.78, 5) is 13.5. The van der Waals surface area contributed by atoms with E-state index < -0.39 is 35.4 Å². The van der Waals surface area contributed by atoms with Crippen molar-refractivity contribution in [3.8, 4) is 0 Å². The van der Waals surface area contributed by atoms with E-state index in [-0.39, 0.29) is 0 Å². The molecule has 0 amide bonds. The quantitative estimate of drug-likeness (QED) is 0.437. The van der Waals surface area contributed by atoms with Crippen LogP contribution in [0.4, 0.5) is 17.6 Å². The zero-order valence-corrected chi connectivity index (χ0v) is 7.43. The zero-order valence-electron chi connectivity index (χ0n) is 7.43. The lowest BCUT2D eigenvalue weighted by atomic mass is 10.2. The highest BCUT2D eigenvalue weighted by molar-refractivity contribution is 5.89. The van der Waals surface area contributed by atoms with Crippen LogP contribution in [0.25, 0.3) is 0 Å². The van der Waals surface area contributed by atoms with Gasteiger partial charge in [-0.15, -0.1) is 0 Å². The molecule has 1 rings (SSSR count). The van der Waals surface area contributed by atoms with Crippen molar-refractivity contribution in [1.29, 1.82) is 0 Å². The predicted octanol–water partition coefficient (Wildman–Crippen LogP) is 2.08. The van der Waals surface area contributed by atoms with Crippen LogP contribution in [0.3, 0.4) is 0 Å². The number of hydrogen-bond donors (Lipinski definition) is 0. The first-order valence-corrected chi connectivity index (χ1v) is 3.69. The number of rotatable bonds is 2. The molecule has 0 aliphatic carbocycles. The van der Waals surface area contributed by atoms with Crippen molar-refractivity contribution in [3.05, 3.63) is 29.1 Å². The molecule has 7 heteroatoms. The number of pyridine rings is 1. The van der Waals surface area contributed by atoms with Crippen LogP contribution in [-0.4, -0.2) is 18.1 Å². The molecular formula is C8H5F4NO2. The Morgan fingerprint density at radius 2 is 2.07 bits per heavy atom. The number of methoxy groups -OCH3 is 1. The van der Waals surface area contributed by atoms with E-state index >= 15 is 0 Å². The molecule has 0 aliphatic rings. The smallest absolute Gasteiger partial charge is 0.342 e. The van der Waals surface area contributed by atoms with Gasteiger partial charge in [-0.1, -0.05) is 0 Å². The van der Waals surface area contributed by atoms with Gasteiger partial charge in [0, 0.05) is 0 Å². The highest BCUT2D eigenvalue weighted by Gasteiger charge is 2.22. The van der Waals surface area contributed by atoms with Gasteiger partial charge in [-0.2, -0.15) is 4.39 Å². The number of esters is 1. The van der Waals surface area contributed by atoms with E-state index in [4.69, 9.17) is 0 Å². The number of halogens is 4. The second-order valence-electron chi connectivity index (χ2n) is 2.49. The molecule has 0 radical (unpaired) electrons. The van der Waals surface area contributed by atoms with Crippen molar-refractivity contribution in [2.75, 3.05) is 7.11 Å². The summed E-state index contributed by atoms with van der Waals surface area (Å²) >= 11 is 0. The Balaban J connectivity index is 3.25. The molecular weight excluding hydrogens is 218 g/mol. The minimum atomic E-state index is -3.24. The van der Waals surface area contributed by atoms with Crippen LogP contribution in [0, 0.1) is 11.8 Å². The molecule has 0 saturated heterocycles. The molecule has 0 unspecified atom stereocenters. The number of alkyl halides is 2. The van der Waals surface area contributed by atoms with Gasteiger partial charge in [0.05, 0.1) is 7.11 Å². The Morgan fingerprint density at radius 3 is 2.53 bits per heavy atom. The maximum Gasteiger partial charge on any atom is 0.342 e. The second kappa shape index (κ2) is 4.24. The minimum Gasteiger partial charge on any atom is -0.465 e. The van der Waals surface area contributed by atoms with Gasteiger partial charge in [0.2, 0.25) is 5.95 Å². The normalized spacial score (nSPS) is 10.5. The van der Waals surface area contributed by atoms with Crippen molar-refractivity contribution in [2.45, 2.75) is 6.43 Å². The Kier molecular flexibility index (Phi) is 3.23. The van der Waals surface area contributed by atoms with E-state index in [1.54, 1.807) is 0 Å². The molecule has 0 aromatic carbocycles. The van der Waals surface area contributed by atoms with Gasteiger partial charge in [-0.3, -0.25) is 0 Å². The molecule has 0 saturated carbocycles. The number of hydrogen-bond acceptors (Lipinski definition) is 3. The van der Waals surface area contributed by atoms with Crippen molar-refractivity contribution in [2.24, 2.45) is 0 Å². The molecule has 3 nitrogen and oxygen atoms in total. The number of ether oxygens (including phenoxy) is 1. The summed E-state index contributed by atoms with van der Waals surface area (Å²) in [5.74, 6) is -4.12. The van der Waals surface area contributed by atoms with Crippen LogP contribution in [0.5, 0.6) is 0 Å². The first-order valence-electron chi connectivity index (χ1n) is 3.69. The zero-order chi connectivity index (χ0) is 11.6. The third-order valence-corrected chi connectivity index (χ3v) is 1.57. The SMILES string of the molecule is COC(=O)c1cc(F)c(C(F)F)nc1F. The summed E-state index contributed by atoms with van der Waals surface area (Å²) in [6.45, 7) is 0. The third kappa shape index (κ3) is 2.23. The average Bonchev–Trinajstić information content (AvgIpc) is 2.19. The van der Waals surface area contributed by atoms with E-state index in [0.29, 0.717) is 6.07 Å². The molecule has 0 bridgehead atoms. The van der Waals surface area contributed by atoms with Crippen LogP contribution in [0.2, 0.25) is 0 Å². The van der Waals surface area contributed by atoms with Gasteiger partial charge in [0.1, 0.15) is 11.3 Å². The maximum atomic E-state index is 12.9. The second-order valence-corrected chi connectivity index (χ2v) is 2.49. The summed E-state index contributed by atoms with van der Waals surface area (Å²) in [6.07, 6.45) is -3.24. The van der Waals surface area contributed by atoms with E-state index in [1.807, 2.05) is 0 Å². The molecule has 1 aromatic heterocycles. The lowest BCUT2D eigenvalue weighted by molar-refractivity contribution is 0.0592. The summed E-state index contributed by atoms with van der Waals surface area (Å²) in [5.41, 5.74) is -2.15. The average molecular weight is 223 g/mol. The van der Waals surface area contributed by atoms with Crippen LogP contribution in [-0.2, 0) is 4.74 Å². The third-order valence-electron chi connectivity index (χ3n) is 1.57. The fourth-order valence-corrected chi connectivity index (χ4v) is 0.886. The first kappa shape index (κ1) is 11.4. The van der Waals surface area contributed by atoms with Gasteiger partial charge < -0.3 is 4.74 Å². The highest BCUT2D eigenvalue weighted by atomic mass is 19.3. The van der Waals surface area contributed by atoms with Crippen molar-refractivity contribution in [1.82, 2.24) is 4.98 Å². The summed E-state index contributed by atoms with van der Waals surface area (Å²) in [5, 5.41) is 0. The Morgan fingerprint density at radius 1 is 1.47 bits per heavy atom. The molecule has 1 aromatic rings. The molecule has 15 heavy (non-hydrogen) atoms. The molecule has 1 heterocycles. The van der Waals surface area contributed by atoms with Crippen molar-refractivity contribution < 1.29 is 27.1 Å². The Labute approximate surface area is 81.7 Å². The van der Waals surface area contributed by atoms with Gasteiger partial charge in [0.15, 0.2) is 5.82 Å². The fraction of sp³-hybridized carbons (Fsp3) is 0.250. The van der Waals surface area contributed by atoms with E-state index in [2.05, 4.69) is 9.72 Å². The van der Waals surface area contributed by atoms with Gasteiger partial charge in [-0.05, 0) is 6.07 Å². The first-order chi connectivity index (χ1) is 6.97. The molecule has 0 N–H and O–H groups in total. The lowest BCUT2D eigenvalue weighted by Crippen LogP contribution is -2.09. The molecule has 82 valence electrons. The van der Waals surface area contributed by atoms with Crippen LogP contribution in [0.1, 0.15) is 22.5 Å². The number of carbonyl (C=O) groups excluding carboxylic acids is 1. The van der Waals surface area contributed by atoms with Crippen LogP contribution < -0.4 is 0 Å². The fourth-order valence-electron chi connectivity index (χ4n) is 0.886. The van der Waals surface area contributed by atoms with Gasteiger partial charge in [0.25, 0.3) is 6.43 Å². The Bertz CT molecular complexity index is 394. The summed E-state index contributed by atoms with van der Waals surface area (Å²) in [6, 6.07) is 0.329. The van der Waals surface area contributed by atoms with Crippen LogP contribution in [0.15, 0.2) is 6.07 Å². The van der Waals surface area contributed by atoms with E-state index in [9.17, 15) is 22.4 Å².